The molecule has 6 heteroatoms. The van der Waals surface area contributed by atoms with Crippen molar-refractivity contribution in [3.05, 3.63) is 29.0 Å². The molecule has 1 amide bonds. The molecule has 0 spiro atoms. The standard InChI is InChI=1S/C8H6BrN3O2/c9-6-4-10-12-2-1-5(3-7(6)12)11-8(13)14/h1-4,11H,(H,13,14). The second-order valence-corrected chi connectivity index (χ2v) is 3.52. The summed E-state index contributed by atoms with van der Waals surface area (Å²) in [4.78, 5) is 10.4. The van der Waals surface area contributed by atoms with Gasteiger partial charge in [0.15, 0.2) is 0 Å². The number of anilines is 1. The molecule has 14 heavy (non-hydrogen) atoms. The molecule has 72 valence electrons. The van der Waals surface area contributed by atoms with Crippen molar-refractivity contribution < 1.29 is 9.90 Å². The van der Waals surface area contributed by atoms with Gasteiger partial charge in [-0.05, 0) is 28.1 Å². The quantitative estimate of drug-likeness (QED) is 0.821. The molecule has 0 aliphatic carbocycles. The van der Waals surface area contributed by atoms with Gasteiger partial charge in [-0.2, -0.15) is 5.10 Å². The minimum atomic E-state index is -1.08. The summed E-state index contributed by atoms with van der Waals surface area (Å²) < 4.78 is 2.48. The van der Waals surface area contributed by atoms with E-state index in [2.05, 4.69) is 26.3 Å². The average molecular weight is 256 g/mol. The molecule has 0 fully saturated rings. The first-order chi connectivity index (χ1) is 6.66. The lowest BCUT2D eigenvalue weighted by Gasteiger charge is -2.00. The number of amides is 1. The van der Waals surface area contributed by atoms with Crippen LogP contribution in [0.25, 0.3) is 5.52 Å². The normalized spacial score (nSPS) is 10.4. The number of nitrogens with zero attached hydrogens (tertiary/aromatic N) is 2. The van der Waals surface area contributed by atoms with E-state index in [0.29, 0.717) is 5.69 Å². The van der Waals surface area contributed by atoms with Crippen LogP contribution in [-0.2, 0) is 0 Å². The van der Waals surface area contributed by atoms with Crippen molar-refractivity contribution in [2.24, 2.45) is 0 Å². The lowest BCUT2D eigenvalue weighted by molar-refractivity contribution is 0.210. The second kappa shape index (κ2) is 3.30. The summed E-state index contributed by atoms with van der Waals surface area (Å²) in [5.41, 5.74) is 1.34. The van der Waals surface area contributed by atoms with Gasteiger partial charge in [0, 0.05) is 11.9 Å². The van der Waals surface area contributed by atoms with Crippen molar-refractivity contribution in [2.45, 2.75) is 0 Å². The zero-order chi connectivity index (χ0) is 10.1. The van der Waals surface area contributed by atoms with Crippen LogP contribution in [0.3, 0.4) is 0 Å². The molecule has 0 aliphatic heterocycles. The highest BCUT2D eigenvalue weighted by atomic mass is 79.9. The third kappa shape index (κ3) is 1.56. The zero-order valence-corrected chi connectivity index (χ0v) is 8.52. The van der Waals surface area contributed by atoms with E-state index in [4.69, 9.17) is 5.11 Å². The fraction of sp³-hybridized carbons (Fsp3) is 0. The number of carboxylic acid groups (broad SMARTS) is 1. The van der Waals surface area contributed by atoms with Crippen molar-refractivity contribution in [1.29, 1.82) is 0 Å². The van der Waals surface area contributed by atoms with E-state index in [1.54, 1.807) is 29.0 Å². The molecule has 0 radical (unpaired) electrons. The van der Waals surface area contributed by atoms with Crippen LogP contribution in [-0.4, -0.2) is 20.8 Å². The molecule has 0 bridgehead atoms. The van der Waals surface area contributed by atoms with Gasteiger partial charge >= 0.3 is 6.09 Å². The van der Waals surface area contributed by atoms with Crippen LogP contribution in [0.2, 0.25) is 0 Å². The van der Waals surface area contributed by atoms with Crippen LogP contribution < -0.4 is 5.32 Å². The first kappa shape index (κ1) is 9.01. The molecule has 5 nitrogen and oxygen atoms in total. The van der Waals surface area contributed by atoms with Crippen molar-refractivity contribution in [1.82, 2.24) is 9.61 Å². The van der Waals surface area contributed by atoms with Crippen molar-refractivity contribution in [2.75, 3.05) is 5.32 Å². The van der Waals surface area contributed by atoms with E-state index in [1.165, 1.54) is 0 Å². The van der Waals surface area contributed by atoms with Crippen LogP contribution >= 0.6 is 15.9 Å². The summed E-state index contributed by atoms with van der Waals surface area (Å²) in [6, 6.07) is 3.34. The molecule has 2 aromatic heterocycles. The van der Waals surface area contributed by atoms with Gasteiger partial charge in [-0.15, -0.1) is 0 Å². The fourth-order valence-corrected chi connectivity index (χ4v) is 1.54. The van der Waals surface area contributed by atoms with E-state index in [0.717, 1.165) is 9.99 Å². The van der Waals surface area contributed by atoms with Crippen molar-refractivity contribution in [3.8, 4) is 0 Å². The zero-order valence-electron chi connectivity index (χ0n) is 6.94. The Labute approximate surface area is 87.5 Å². The number of nitrogens with one attached hydrogen (secondary N) is 1. The predicted octanol–water partition coefficient (Wildman–Crippen LogP) is 2.19. The number of halogens is 1. The Morgan fingerprint density at radius 2 is 2.43 bits per heavy atom. The molecule has 2 aromatic rings. The second-order valence-electron chi connectivity index (χ2n) is 2.67. The highest BCUT2D eigenvalue weighted by molar-refractivity contribution is 9.10. The molecule has 0 aromatic carbocycles. The number of carbonyl (C=O) groups is 1. The Morgan fingerprint density at radius 1 is 1.64 bits per heavy atom. The van der Waals surface area contributed by atoms with Gasteiger partial charge in [0.2, 0.25) is 0 Å². The highest BCUT2D eigenvalue weighted by Gasteiger charge is 2.03. The van der Waals surface area contributed by atoms with Crippen LogP contribution in [0.4, 0.5) is 10.5 Å². The summed E-state index contributed by atoms with van der Waals surface area (Å²) in [6.07, 6.45) is 2.26. The number of fused-ring (bicyclic) bond motifs is 1. The molecule has 2 rings (SSSR count). The molecular formula is C8H6BrN3O2. The van der Waals surface area contributed by atoms with Gasteiger partial charge in [0.1, 0.15) is 0 Å². The number of rotatable bonds is 1. The lowest BCUT2D eigenvalue weighted by Crippen LogP contribution is -2.07. The summed E-state index contributed by atoms with van der Waals surface area (Å²) in [6.45, 7) is 0. The molecular weight excluding hydrogens is 250 g/mol. The van der Waals surface area contributed by atoms with Gasteiger partial charge < -0.3 is 5.11 Å². The molecule has 0 unspecified atom stereocenters. The van der Waals surface area contributed by atoms with Gasteiger partial charge in [-0.1, -0.05) is 0 Å². The third-order valence-corrected chi connectivity index (χ3v) is 2.34. The Hall–Kier alpha value is -1.56. The molecule has 2 heterocycles. The Balaban J connectivity index is 2.49. The first-order valence-electron chi connectivity index (χ1n) is 3.79. The summed E-state index contributed by atoms with van der Waals surface area (Å²) in [7, 11) is 0. The summed E-state index contributed by atoms with van der Waals surface area (Å²) in [5, 5.41) is 14.8. The van der Waals surface area contributed by atoms with E-state index in [1.807, 2.05) is 0 Å². The molecule has 0 saturated carbocycles. The van der Waals surface area contributed by atoms with Crippen LogP contribution in [0.1, 0.15) is 0 Å². The maximum Gasteiger partial charge on any atom is 0.409 e. The smallest absolute Gasteiger partial charge is 0.409 e. The fourth-order valence-electron chi connectivity index (χ4n) is 1.15. The minimum Gasteiger partial charge on any atom is -0.465 e. The van der Waals surface area contributed by atoms with Gasteiger partial charge in [-0.25, -0.2) is 9.31 Å². The first-order valence-corrected chi connectivity index (χ1v) is 4.59. The SMILES string of the molecule is O=C(O)Nc1ccn2ncc(Br)c2c1. The Morgan fingerprint density at radius 3 is 3.14 bits per heavy atom. The van der Waals surface area contributed by atoms with Gasteiger partial charge in [0.25, 0.3) is 0 Å². The van der Waals surface area contributed by atoms with Crippen molar-refractivity contribution >= 4 is 33.2 Å². The van der Waals surface area contributed by atoms with Crippen LogP contribution in [0.5, 0.6) is 0 Å². The largest absolute Gasteiger partial charge is 0.465 e. The number of pyridine rings is 1. The van der Waals surface area contributed by atoms with E-state index in [-0.39, 0.29) is 0 Å². The minimum absolute atomic E-state index is 0.520. The lowest BCUT2D eigenvalue weighted by atomic mass is 10.3. The van der Waals surface area contributed by atoms with E-state index < -0.39 is 6.09 Å². The number of aromatic nitrogens is 2. The summed E-state index contributed by atoms with van der Waals surface area (Å²) >= 11 is 3.31. The topological polar surface area (TPSA) is 66.6 Å². The summed E-state index contributed by atoms with van der Waals surface area (Å²) in [5.74, 6) is 0. The predicted molar refractivity (Wildman–Crippen MR) is 54.5 cm³/mol. The molecule has 0 atom stereocenters. The third-order valence-electron chi connectivity index (χ3n) is 1.73. The number of hydrogen-bond acceptors (Lipinski definition) is 2. The molecule has 0 saturated heterocycles. The maximum absolute atomic E-state index is 10.4. The van der Waals surface area contributed by atoms with Crippen LogP contribution in [0, 0.1) is 0 Å². The highest BCUT2D eigenvalue weighted by Crippen LogP contribution is 2.20. The molecule has 0 aliphatic rings. The molecule has 2 N–H and O–H groups in total. The van der Waals surface area contributed by atoms with Gasteiger partial charge in [-0.3, -0.25) is 5.32 Å². The van der Waals surface area contributed by atoms with E-state index in [9.17, 15) is 4.79 Å². The van der Waals surface area contributed by atoms with E-state index >= 15 is 0 Å². The number of hydrogen-bond donors (Lipinski definition) is 2. The van der Waals surface area contributed by atoms with Crippen LogP contribution in [0.15, 0.2) is 29.0 Å². The Bertz CT molecular complexity index is 494. The average Bonchev–Trinajstić information content (AvgIpc) is 2.47. The van der Waals surface area contributed by atoms with Crippen molar-refractivity contribution in [3.63, 3.8) is 0 Å². The van der Waals surface area contributed by atoms with Gasteiger partial charge in [0.05, 0.1) is 16.2 Å². The monoisotopic (exact) mass is 255 g/mol. The maximum atomic E-state index is 10.4. The Kier molecular flexibility index (Phi) is 2.12.